The van der Waals surface area contributed by atoms with Crippen molar-refractivity contribution in [2.45, 2.75) is 20.5 Å². The van der Waals surface area contributed by atoms with Gasteiger partial charge in [-0.05, 0) is 37.6 Å². The molecular weight excluding hydrogens is 440 g/mol. The number of rotatable bonds is 8. The van der Waals surface area contributed by atoms with E-state index < -0.39 is 32.1 Å². The van der Waals surface area contributed by atoms with Crippen molar-refractivity contribution in [3.05, 3.63) is 95.5 Å². The Hall–Kier alpha value is -4.81. The minimum atomic E-state index is -0.810. The van der Waals surface area contributed by atoms with E-state index in [4.69, 9.17) is 9.15 Å². The van der Waals surface area contributed by atoms with Crippen molar-refractivity contribution in [1.29, 1.82) is 0 Å². The first-order valence-corrected chi connectivity index (χ1v) is 9.28. The molecule has 2 aromatic carbocycles. The Morgan fingerprint density at radius 3 is 2.09 bits per heavy atom. The fraction of sp³-hybridized carbons (Fsp3) is 0.150. The summed E-state index contributed by atoms with van der Waals surface area (Å²) in [5, 5.41) is 35.8. The van der Waals surface area contributed by atoms with Crippen molar-refractivity contribution in [2.24, 2.45) is 0 Å². The first kappa shape index (κ1) is 22.9. The van der Waals surface area contributed by atoms with Gasteiger partial charge in [0.15, 0.2) is 11.5 Å². The van der Waals surface area contributed by atoms with Gasteiger partial charge in [-0.25, -0.2) is 0 Å². The number of aryl methyl sites for hydroxylation is 1. The molecule has 3 rings (SSSR count). The topological polar surface area (TPSA) is 181 Å². The largest absolute Gasteiger partial charge is 0.479 e. The van der Waals surface area contributed by atoms with Crippen LogP contribution >= 0.6 is 0 Å². The second-order valence-corrected chi connectivity index (χ2v) is 6.89. The van der Waals surface area contributed by atoms with Crippen LogP contribution in [0.25, 0.3) is 0 Å². The monoisotopic (exact) mass is 456 g/mol. The molecule has 1 N–H and O–H groups in total. The number of hydrogen-bond acceptors (Lipinski definition) is 9. The average molecular weight is 456 g/mol. The molecule has 0 aliphatic heterocycles. The van der Waals surface area contributed by atoms with Crippen LogP contribution in [0.3, 0.4) is 0 Å². The van der Waals surface area contributed by atoms with Crippen LogP contribution in [0.15, 0.2) is 46.9 Å². The fourth-order valence-electron chi connectivity index (χ4n) is 2.95. The molecule has 1 amide bonds. The second kappa shape index (κ2) is 9.13. The Bertz CT molecular complexity index is 1250. The number of furan rings is 1. The van der Waals surface area contributed by atoms with Crippen LogP contribution in [-0.4, -0.2) is 20.7 Å². The van der Waals surface area contributed by atoms with Crippen LogP contribution in [0.2, 0.25) is 0 Å². The highest BCUT2D eigenvalue weighted by atomic mass is 16.6. The van der Waals surface area contributed by atoms with Crippen molar-refractivity contribution in [3.63, 3.8) is 0 Å². The molecule has 0 atom stereocenters. The van der Waals surface area contributed by atoms with Gasteiger partial charge in [-0.2, -0.15) is 0 Å². The summed E-state index contributed by atoms with van der Waals surface area (Å²) in [6, 6.07) is 9.16. The molecule has 3 aromatic rings. The van der Waals surface area contributed by atoms with Gasteiger partial charge in [-0.1, -0.05) is 6.07 Å². The van der Waals surface area contributed by atoms with Gasteiger partial charge in [0, 0.05) is 18.2 Å². The summed E-state index contributed by atoms with van der Waals surface area (Å²) < 4.78 is 10.8. The maximum atomic E-state index is 12.5. The molecule has 0 saturated heterocycles. The number of amides is 1. The number of nitrogens with zero attached hydrogens (tertiary/aromatic N) is 3. The van der Waals surface area contributed by atoms with Gasteiger partial charge in [0.2, 0.25) is 0 Å². The van der Waals surface area contributed by atoms with Crippen LogP contribution in [-0.2, 0) is 6.61 Å². The normalized spacial score (nSPS) is 10.5. The number of carbonyl (C=O) groups excluding carboxylic acids is 1. The molecule has 170 valence electrons. The van der Waals surface area contributed by atoms with E-state index in [2.05, 4.69) is 5.32 Å². The van der Waals surface area contributed by atoms with E-state index in [0.29, 0.717) is 5.56 Å². The number of benzene rings is 2. The van der Waals surface area contributed by atoms with Crippen LogP contribution in [0.1, 0.15) is 27.4 Å². The summed E-state index contributed by atoms with van der Waals surface area (Å²) in [6.07, 6.45) is 0. The summed E-state index contributed by atoms with van der Waals surface area (Å²) in [4.78, 5) is 43.8. The number of nitro benzene ring substituents is 3. The van der Waals surface area contributed by atoms with Crippen molar-refractivity contribution < 1.29 is 28.7 Å². The highest BCUT2D eigenvalue weighted by Gasteiger charge is 2.24. The van der Waals surface area contributed by atoms with E-state index in [-0.39, 0.29) is 40.8 Å². The minimum absolute atomic E-state index is 0.0206. The molecule has 0 saturated carbocycles. The van der Waals surface area contributed by atoms with Crippen molar-refractivity contribution in [3.8, 4) is 5.75 Å². The standard InChI is InChI=1S/C20H16N4O9/c1-11-3-5-18(17(7-11)24(30)31)32-10-14-4-6-19(33-14)20(25)21-13-8-15(22(26)27)12(2)16(9-13)23(28)29/h3-9H,10H2,1-2H3,(H,21,25). The number of nitro groups is 3. The Morgan fingerprint density at radius 2 is 1.52 bits per heavy atom. The van der Waals surface area contributed by atoms with Gasteiger partial charge in [0.1, 0.15) is 17.9 Å². The van der Waals surface area contributed by atoms with E-state index in [1.54, 1.807) is 13.0 Å². The second-order valence-electron chi connectivity index (χ2n) is 6.89. The highest BCUT2D eigenvalue weighted by molar-refractivity contribution is 6.02. The van der Waals surface area contributed by atoms with E-state index in [0.717, 1.165) is 12.1 Å². The Labute approximate surface area is 185 Å². The summed E-state index contributed by atoms with van der Waals surface area (Å²) in [5.41, 5.74) is -0.885. The smallest absolute Gasteiger partial charge is 0.311 e. The summed E-state index contributed by atoms with van der Waals surface area (Å²) >= 11 is 0. The number of anilines is 1. The molecule has 0 aliphatic rings. The molecule has 13 nitrogen and oxygen atoms in total. The van der Waals surface area contributed by atoms with E-state index in [1.807, 2.05) is 0 Å². The molecule has 1 heterocycles. The van der Waals surface area contributed by atoms with Gasteiger partial charge in [0.25, 0.3) is 17.3 Å². The van der Waals surface area contributed by atoms with Crippen molar-refractivity contribution in [2.75, 3.05) is 5.32 Å². The number of hydrogen-bond donors (Lipinski definition) is 1. The maximum absolute atomic E-state index is 12.5. The molecule has 0 radical (unpaired) electrons. The van der Waals surface area contributed by atoms with Gasteiger partial charge >= 0.3 is 5.69 Å². The van der Waals surface area contributed by atoms with Gasteiger partial charge in [-0.3, -0.25) is 35.1 Å². The third-order valence-corrected chi connectivity index (χ3v) is 4.57. The van der Waals surface area contributed by atoms with Crippen LogP contribution in [0.5, 0.6) is 5.75 Å². The first-order chi connectivity index (χ1) is 15.6. The van der Waals surface area contributed by atoms with Gasteiger partial charge < -0.3 is 14.5 Å². The Balaban J connectivity index is 1.75. The summed E-state index contributed by atoms with van der Waals surface area (Å²) in [7, 11) is 0. The lowest BCUT2D eigenvalue weighted by Gasteiger charge is -2.07. The molecule has 0 aliphatic carbocycles. The quantitative estimate of drug-likeness (QED) is 0.378. The van der Waals surface area contributed by atoms with Gasteiger partial charge in [0.05, 0.1) is 20.5 Å². The van der Waals surface area contributed by atoms with E-state index >= 15 is 0 Å². The lowest BCUT2D eigenvalue weighted by Crippen LogP contribution is -2.12. The SMILES string of the molecule is Cc1ccc(OCc2ccc(C(=O)Nc3cc([N+](=O)[O-])c(C)c([N+](=O)[O-])c3)o2)c([N+](=O)[O-])c1. The number of ether oxygens (including phenoxy) is 1. The Morgan fingerprint density at radius 1 is 0.909 bits per heavy atom. The molecule has 13 heteroatoms. The van der Waals surface area contributed by atoms with Crippen molar-refractivity contribution >= 4 is 28.7 Å². The zero-order chi connectivity index (χ0) is 24.3. The molecule has 0 bridgehead atoms. The molecule has 0 spiro atoms. The molecule has 1 aromatic heterocycles. The lowest BCUT2D eigenvalue weighted by molar-refractivity contribution is -0.395. The zero-order valence-corrected chi connectivity index (χ0v) is 17.3. The minimum Gasteiger partial charge on any atom is -0.479 e. The van der Waals surface area contributed by atoms with Gasteiger partial charge in [-0.15, -0.1) is 0 Å². The summed E-state index contributed by atoms with van der Waals surface area (Å²) in [6.45, 7) is 2.73. The van der Waals surface area contributed by atoms with E-state index in [9.17, 15) is 35.1 Å². The molecule has 33 heavy (non-hydrogen) atoms. The number of carbonyl (C=O) groups is 1. The highest BCUT2D eigenvalue weighted by Crippen LogP contribution is 2.32. The third-order valence-electron chi connectivity index (χ3n) is 4.57. The molecule has 0 fully saturated rings. The molecular formula is C20H16N4O9. The molecule has 0 unspecified atom stereocenters. The summed E-state index contributed by atoms with van der Waals surface area (Å²) in [5.74, 6) is -0.809. The fourth-order valence-corrected chi connectivity index (χ4v) is 2.95. The lowest BCUT2D eigenvalue weighted by atomic mass is 10.1. The van der Waals surface area contributed by atoms with Crippen molar-refractivity contribution in [1.82, 2.24) is 0 Å². The van der Waals surface area contributed by atoms with Crippen LogP contribution in [0.4, 0.5) is 22.7 Å². The predicted molar refractivity (Wildman–Crippen MR) is 113 cm³/mol. The maximum Gasteiger partial charge on any atom is 0.311 e. The van der Waals surface area contributed by atoms with E-state index in [1.165, 1.54) is 31.2 Å². The third kappa shape index (κ3) is 5.10. The Kier molecular flexibility index (Phi) is 6.33. The zero-order valence-electron chi connectivity index (χ0n) is 17.3. The first-order valence-electron chi connectivity index (χ1n) is 9.28. The van der Waals surface area contributed by atoms with Crippen LogP contribution < -0.4 is 10.1 Å². The predicted octanol–water partition coefficient (Wildman–Crippen LogP) is 4.45. The number of nitrogens with one attached hydrogen (secondary N) is 1. The van der Waals surface area contributed by atoms with Crippen LogP contribution in [0, 0.1) is 44.2 Å². The average Bonchev–Trinajstić information content (AvgIpc) is 3.22.